The normalized spacial score (nSPS) is 12.9. The first-order valence-electron chi connectivity index (χ1n) is 4.58. The first kappa shape index (κ1) is 10.2. The molecule has 1 aromatic rings. The second-order valence-electron chi connectivity index (χ2n) is 3.63. The van der Waals surface area contributed by atoms with Crippen LogP contribution in [0.3, 0.4) is 0 Å². The molecule has 2 N–H and O–H groups in total. The van der Waals surface area contributed by atoms with Crippen LogP contribution in [-0.4, -0.2) is 6.54 Å². The Hall–Kier alpha value is -0.890. The number of rotatable bonds is 3. The highest BCUT2D eigenvalue weighted by Crippen LogP contribution is 2.12. The lowest BCUT2D eigenvalue weighted by atomic mass is 10.00. The molecule has 0 aliphatic heterocycles. The third-order valence-electron chi connectivity index (χ3n) is 2.21. The molecule has 0 bridgehead atoms. The maximum atomic E-state index is 12.9. The van der Waals surface area contributed by atoms with Crippen molar-refractivity contribution in [3.8, 4) is 0 Å². The minimum absolute atomic E-state index is 0.135. The highest BCUT2D eigenvalue weighted by atomic mass is 19.1. The molecule has 72 valence electrons. The Labute approximate surface area is 78.8 Å². The summed E-state index contributed by atoms with van der Waals surface area (Å²) in [5.74, 6) is 0.328. The summed E-state index contributed by atoms with van der Waals surface area (Å²) in [4.78, 5) is 0. The zero-order chi connectivity index (χ0) is 9.84. The smallest absolute Gasteiger partial charge is 0.126 e. The van der Waals surface area contributed by atoms with E-state index in [4.69, 9.17) is 5.73 Å². The van der Waals surface area contributed by atoms with E-state index in [-0.39, 0.29) is 5.82 Å². The molecule has 1 rings (SSSR count). The molecule has 0 aromatic heterocycles. The van der Waals surface area contributed by atoms with Gasteiger partial charge in [-0.05, 0) is 43.0 Å². The van der Waals surface area contributed by atoms with E-state index in [0.29, 0.717) is 18.0 Å². The topological polar surface area (TPSA) is 26.0 Å². The SMILES string of the molecule is Cc1cc(CC(C)CN)ccc1F. The van der Waals surface area contributed by atoms with Gasteiger partial charge >= 0.3 is 0 Å². The van der Waals surface area contributed by atoms with Crippen molar-refractivity contribution in [1.82, 2.24) is 0 Å². The fourth-order valence-corrected chi connectivity index (χ4v) is 1.32. The van der Waals surface area contributed by atoms with Gasteiger partial charge in [-0.15, -0.1) is 0 Å². The van der Waals surface area contributed by atoms with Gasteiger partial charge < -0.3 is 5.73 Å². The third-order valence-corrected chi connectivity index (χ3v) is 2.21. The van der Waals surface area contributed by atoms with Crippen LogP contribution in [0.5, 0.6) is 0 Å². The molecule has 1 nitrogen and oxygen atoms in total. The van der Waals surface area contributed by atoms with Gasteiger partial charge in [0, 0.05) is 0 Å². The molecule has 0 aliphatic carbocycles. The highest BCUT2D eigenvalue weighted by molar-refractivity contribution is 5.24. The van der Waals surface area contributed by atoms with Gasteiger partial charge in [0.2, 0.25) is 0 Å². The number of halogens is 1. The monoisotopic (exact) mass is 181 g/mol. The van der Waals surface area contributed by atoms with Crippen LogP contribution in [-0.2, 0) is 6.42 Å². The van der Waals surface area contributed by atoms with Crippen LogP contribution in [0.2, 0.25) is 0 Å². The van der Waals surface area contributed by atoms with Gasteiger partial charge in [0.05, 0.1) is 0 Å². The number of hydrogen-bond donors (Lipinski definition) is 1. The fraction of sp³-hybridized carbons (Fsp3) is 0.455. The maximum Gasteiger partial charge on any atom is 0.126 e. The van der Waals surface area contributed by atoms with E-state index in [1.54, 1.807) is 6.92 Å². The van der Waals surface area contributed by atoms with Crippen LogP contribution in [0, 0.1) is 18.7 Å². The van der Waals surface area contributed by atoms with Crippen LogP contribution in [0.4, 0.5) is 4.39 Å². The predicted octanol–water partition coefficient (Wildman–Crippen LogP) is 2.27. The summed E-state index contributed by atoms with van der Waals surface area (Å²) in [5, 5.41) is 0. The van der Waals surface area contributed by atoms with E-state index in [1.807, 2.05) is 12.1 Å². The molecule has 0 heterocycles. The Bertz CT molecular complexity index is 283. The molecule has 13 heavy (non-hydrogen) atoms. The standard InChI is InChI=1S/C11H16FN/c1-8(7-13)5-10-3-4-11(12)9(2)6-10/h3-4,6,8H,5,7,13H2,1-2H3. The van der Waals surface area contributed by atoms with E-state index in [0.717, 1.165) is 12.0 Å². The summed E-state index contributed by atoms with van der Waals surface area (Å²) < 4.78 is 12.9. The Kier molecular flexibility index (Phi) is 3.43. The minimum Gasteiger partial charge on any atom is -0.330 e. The lowest BCUT2D eigenvalue weighted by Gasteiger charge is -2.08. The molecule has 0 radical (unpaired) electrons. The molecule has 0 amide bonds. The summed E-state index contributed by atoms with van der Waals surface area (Å²) in [6.07, 6.45) is 0.928. The second kappa shape index (κ2) is 4.38. The van der Waals surface area contributed by atoms with E-state index < -0.39 is 0 Å². The van der Waals surface area contributed by atoms with Gasteiger partial charge in [0.1, 0.15) is 5.82 Å². The van der Waals surface area contributed by atoms with Crippen LogP contribution in [0.15, 0.2) is 18.2 Å². The molecule has 0 aliphatic rings. The molecule has 0 fully saturated rings. The first-order chi connectivity index (χ1) is 6.13. The molecule has 0 saturated carbocycles. The van der Waals surface area contributed by atoms with Gasteiger partial charge in [-0.2, -0.15) is 0 Å². The maximum absolute atomic E-state index is 12.9. The largest absolute Gasteiger partial charge is 0.330 e. The van der Waals surface area contributed by atoms with Gasteiger partial charge in [0.15, 0.2) is 0 Å². The molecule has 1 atom stereocenters. The first-order valence-corrected chi connectivity index (χ1v) is 4.58. The zero-order valence-electron chi connectivity index (χ0n) is 8.18. The van der Waals surface area contributed by atoms with Crippen molar-refractivity contribution in [3.05, 3.63) is 35.1 Å². The lowest BCUT2D eigenvalue weighted by Crippen LogP contribution is -2.13. The van der Waals surface area contributed by atoms with Gasteiger partial charge in [-0.3, -0.25) is 0 Å². The zero-order valence-corrected chi connectivity index (χ0v) is 8.18. The van der Waals surface area contributed by atoms with E-state index in [1.165, 1.54) is 6.07 Å². The molecular weight excluding hydrogens is 165 g/mol. The van der Waals surface area contributed by atoms with Gasteiger partial charge in [-0.1, -0.05) is 19.1 Å². The second-order valence-corrected chi connectivity index (χ2v) is 3.63. The van der Waals surface area contributed by atoms with Crippen molar-refractivity contribution in [3.63, 3.8) is 0 Å². The molecule has 0 saturated heterocycles. The average molecular weight is 181 g/mol. The van der Waals surface area contributed by atoms with Crippen molar-refractivity contribution in [2.75, 3.05) is 6.54 Å². The van der Waals surface area contributed by atoms with Crippen molar-refractivity contribution in [1.29, 1.82) is 0 Å². The van der Waals surface area contributed by atoms with Crippen LogP contribution >= 0.6 is 0 Å². The minimum atomic E-state index is -0.135. The van der Waals surface area contributed by atoms with Gasteiger partial charge in [0.25, 0.3) is 0 Å². The Morgan fingerprint density at radius 1 is 1.46 bits per heavy atom. The van der Waals surface area contributed by atoms with E-state index in [2.05, 4.69) is 6.92 Å². The average Bonchev–Trinajstić information content (AvgIpc) is 2.11. The predicted molar refractivity (Wildman–Crippen MR) is 53.1 cm³/mol. The number of hydrogen-bond acceptors (Lipinski definition) is 1. The number of aryl methyl sites for hydroxylation is 1. The summed E-state index contributed by atoms with van der Waals surface area (Å²) >= 11 is 0. The van der Waals surface area contributed by atoms with Crippen molar-refractivity contribution >= 4 is 0 Å². The van der Waals surface area contributed by atoms with Crippen LogP contribution in [0.25, 0.3) is 0 Å². The molecular formula is C11H16FN. The van der Waals surface area contributed by atoms with Crippen molar-refractivity contribution in [2.24, 2.45) is 11.7 Å². The summed E-state index contributed by atoms with van der Waals surface area (Å²) in [6, 6.07) is 5.24. The summed E-state index contributed by atoms with van der Waals surface area (Å²) in [5.41, 5.74) is 7.39. The lowest BCUT2D eigenvalue weighted by molar-refractivity contribution is 0.587. The third kappa shape index (κ3) is 2.81. The van der Waals surface area contributed by atoms with Gasteiger partial charge in [-0.25, -0.2) is 4.39 Å². The quantitative estimate of drug-likeness (QED) is 0.760. The fourth-order valence-electron chi connectivity index (χ4n) is 1.32. The van der Waals surface area contributed by atoms with E-state index >= 15 is 0 Å². The summed E-state index contributed by atoms with van der Waals surface area (Å²) in [6.45, 7) is 4.56. The molecule has 1 aromatic carbocycles. The van der Waals surface area contributed by atoms with Crippen molar-refractivity contribution in [2.45, 2.75) is 20.3 Å². The van der Waals surface area contributed by atoms with Crippen LogP contribution in [0.1, 0.15) is 18.1 Å². The molecule has 1 unspecified atom stereocenters. The number of benzene rings is 1. The van der Waals surface area contributed by atoms with E-state index in [9.17, 15) is 4.39 Å². The summed E-state index contributed by atoms with van der Waals surface area (Å²) in [7, 11) is 0. The Morgan fingerprint density at radius 3 is 2.69 bits per heavy atom. The highest BCUT2D eigenvalue weighted by Gasteiger charge is 2.03. The van der Waals surface area contributed by atoms with Crippen LogP contribution < -0.4 is 5.73 Å². The Balaban J connectivity index is 2.73. The number of nitrogens with two attached hydrogens (primary N) is 1. The van der Waals surface area contributed by atoms with Crippen molar-refractivity contribution < 1.29 is 4.39 Å². The Morgan fingerprint density at radius 2 is 2.15 bits per heavy atom. The molecule has 0 spiro atoms. The molecule has 2 heteroatoms.